The van der Waals surface area contributed by atoms with Gasteiger partial charge in [0.15, 0.2) is 5.78 Å². The summed E-state index contributed by atoms with van der Waals surface area (Å²) < 4.78 is 36.7. The second kappa shape index (κ2) is 6.03. The molecule has 1 aromatic rings. The van der Waals surface area contributed by atoms with Crippen molar-refractivity contribution < 1.29 is 27.6 Å². The summed E-state index contributed by atoms with van der Waals surface area (Å²) in [4.78, 5) is 11.9. The van der Waals surface area contributed by atoms with Gasteiger partial charge in [-0.15, -0.1) is 0 Å². The van der Waals surface area contributed by atoms with Crippen LogP contribution in [0.1, 0.15) is 42.5 Å². The van der Waals surface area contributed by atoms with Crippen molar-refractivity contribution in [3.05, 3.63) is 17.7 Å². The Hall–Kier alpha value is -1.60. The maximum atomic E-state index is 12.4. The molecule has 7 heteroatoms. The SMILES string of the molecule is COc1cc(O)c(C(=O)C2CCCCC2)cc1S(=O)(=O)O. The molecule has 0 atom stereocenters. The number of carbonyl (C=O) groups excluding carboxylic acids is 1. The van der Waals surface area contributed by atoms with E-state index in [9.17, 15) is 22.9 Å². The molecule has 116 valence electrons. The van der Waals surface area contributed by atoms with Crippen LogP contribution < -0.4 is 4.74 Å². The van der Waals surface area contributed by atoms with Crippen LogP contribution >= 0.6 is 0 Å². The van der Waals surface area contributed by atoms with Crippen LogP contribution in [0.25, 0.3) is 0 Å². The highest BCUT2D eigenvalue weighted by Crippen LogP contribution is 2.35. The zero-order valence-corrected chi connectivity index (χ0v) is 12.5. The van der Waals surface area contributed by atoms with E-state index in [1.54, 1.807) is 0 Å². The summed E-state index contributed by atoms with van der Waals surface area (Å²) in [5.74, 6) is -1.04. The van der Waals surface area contributed by atoms with Crippen molar-refractivity contribution in [3.63, 3.8) is 0 Å². The number of phenolic OH excluding ortho intramolecular Hbond substituents is 1. The normalized spacial score (nSPS) is 16.7. The van der Waals surface area contributed by atoms with Gasteiger partial charge in [-0.2, -0.15) is 8.42 Å². The van der Waals surface area contributed by atoms with Crippen molar-refractivity contribution >= 4 is 15.9 Å². The van der Waals surface area contributed by atoms with Crippen molar-refractivity contribution in [2.75, 3.05) is 7.11 Å². The molecule has 2 N–H and O–H groups in total. The molecule has 0 saturated heterocycles. The van der Waals surface area contributed by atoms with Gasteiger partial charge < -0.3 is 9.84 Å². The van der Waals surface area contributed by atoms with E-state index in [0.29, 0.717) is 0 Å². The zero-order chi connectivity index (χ0) is 15.6. The highest BCUT2D eigenvalue weighted by Gasteiger charge is 2.28. The van der Waals surface area contributed by atoms with Crippen molar-refractivity contribution in [3.8, 4) is 11.5 Å². The molecule has 0 heterocycles. The summed E-state index contributed by atoms with van der Waals surface area (Å²) in [7, 11) is -3.32. The number of ketones is 1. The second-order valence-corrected chi connectivity index (χ2v) is 6.58. The van der Waals surface area contributed by atoms with Crippen LogP contribution in [0, 0.1) is 5.92 Å². The lowest BCUT2D eigenvalue weighted by Crippen LogP contribution is -2.18. The number of methoxy groups -OCH3 is 1. The van der Waals surface area contributed by atoms with Crippen molar-refractivity contribution in [2.45, 2.75) is 37.0 Å². The van der Waals surface area contributed by atoms with Gasteiger partial charge in [-0.1, -0.05) is 19.3 Å². The Morgan fingerprint density at radius 2 is 1.86 bits per heavy atom. The van der Waals surface area contributed by atoms with Gasteiger partial charge in [0.1, 0.15) is 16.4 Å². The third kappa shape index (κ3) is 3.36. The lowest BCUT2D eigenvalue weighted by atomic mass is 9.83. The molecular formula is C14H18O6S. The summed E-state index contributed by atoms with van der Waals surface area (Å²) in [6.45, 7) is 0. The van der Waals surface area contributed by atoms with Crippen molar-refractivity contribution in [1.29, 1.82) is 0 Å². The van der Waals surface area contributed by atoms with E-state index in [1.165, 1.54) is 7.11 Å². The molecule has 0 bridgehead atoms. The molecule has 1 saturated carbocycles. The fourth-order valence-corrected chi connectivity index (χ4v) is 3.36. The number of phenols is 1. The van der Waals surface area contributed by atoms with Gasteiger partial charge in [-0.3, -0.25) is 9.35 Å². The number of carbonyl (C=O) groups is 1. The van der Waals surface area contributed by atoms with Crippen LogP contribution in [-0.4, -0.2) is 31.0 Å². The number of rotatable bonds is 4. The predicted octanol–water partition coefficient (Wildman–Crippen LogP) is 2.41. The Kier molecular flexibility index (Phi) is 4.53. The van der Waals surface area contributed by atoms with Crippen LogP contribution in [0.4, 0.5) is 0 Å². The highest BCUT2D eigenvalue weighted by molar-refractivity contribution is 7.86. The quantitative estimate of drug-likeness (QED) is 0.654. The largest absolute Gasteiger partial charge is 0.507 e. The van der Waals surface area contributed by atoms with Gasteiger partial charge in [0.2, 0.25) is 0 Å². The average Bonchev–Trinajstić information content (AvgIpc) is 2.45. The molecule has 6 nitrogen and oxygen atoms in total. The summed E-state index contributed by atoms with van der Waals surface area (Å²) in [6, 6.07) is 2.03. The van der Waals surface area contributed by atoms with Gasteiger partial charge in [0, 0.05) is 12.0 Å². The molecule has 1 fully saturated rings. The lowest BCUT2D eigenvalue weighted by Gasteiger charge is -2.21. The second-order valence-electron chi connectivity index (χ2n) is 5.19. The minimum Gasteiger partial charge on any atom is -0.507 e. The Morgan fingerprint density at radius 3 is 2.38 bits per heavy atom. The molecule has 1 aliphatic rings. The first-order valence-corrected chi connectivity index (χ1v) is 8.21. The third-order valence-electron chi connectivity index (χ3n) is 3.80. The van der Waals surface area contributed by atoms with Crippen molar-refractivity contribution in [1.82, 2.24) is 0 Å². The molecule has 1 aromatic carbocycles. The summed E-state index contributed by atoms with van der Waals surface area (Å²) >= 11 is 0. The Bertz CT molecular complexity index is 644. The number of Topliss-reactive ketones (excluding diaryl/α,β-unsaturated/α-hetero) is 1. The van der Waals surface area contributed by atoms with Gasteiger partial charge in [-0.25, -0.2) is 0 Å². The van der Waals surface area contributed by atoms with Gasteiger partial charge >= 0.3 is 0 Å². The molecule has 0 amide bonds. The Morgan fingerprint density at radius 1 is 1.24 bits per heavy atom. The Balaban J connectivity index is 2.46. The van der Waals surface area contributed by atoms with Crippen LogP contribution in [0.2, 0.25) is 0 Å². The summed E-state index contributed by atoms with van der Waals surface area (Å²) in [5, 5.41) is 9.94. The number of aromatic hydroxyl groups is 1. The molecule has 1 aliphatic carbocycles. The topological polar surface area (TPSA) is 101 Å². The first kappa shape index (κ1) is 15.8. The molecule has 0 radical (unpaired) electrons. The number of hydrogen-bond acceptors (Lipinski definition) is 5. The Labute approximate surface area is 123 Å². The van der Waals surface area contributed by atoms with Crippen LogP contribution in [0.5, 0.6) is 11.5 Å². The van der Waals surface area contributed by atoms with E-state index in [0.717, 1.165) is 44.2 Å². The number of hydrogen-bond donors (Lipinski definition) is 2. The summed E-state index contributed by atoms with van der Waals surface area (Å²) in [6.07, 6.45) is 4.42. The van der Waals surface area contributed by atoms with Gasteiger partial charge in [0.25, 0.3) is 10.1 Å². The molecule has 0 spiro atoms. The first-order valence-electron chi connectivity index (χ1n) is 6.77. The van der Waals surface area contributed by atoms with Gasteiger partial charge in [0.05, 0.1) is 12.7 Å². The lowest BCUT2D eigenvalue weighted by molar-refractivity contribution is 0.0886. The smallest absolute Gasteiger partial charge is 0.298 e. The molecule has 21 heavy (non-hydrogen) atoms. The van der Waals surface area contributed by atoms with E-state index >= 15 is 0 Å². The minimum absolute atomic E-state index is 0.0877. The third-order valence-corrected chi connectivity index (χ3v) is 4.68. The first-order chi connectivity index (χ1) is 9.84. The fraction of sp³-hybridized carbons (Fsp3) is 0.500. The van der Waals surface area contributed by atoms with Crippen LogP contribution in [0.3, 0.4) is 0 Å². The maximum absolute atomic E-state index is 12.4. The average molecular weight is 314 g/mol. The fourth-order valence-electron chi connectivity index (χ4n) is 2.69. The molecule has 2 rings (SSSR count). The van der Waals surface area contributed by atoms with Crippen molar-refractivity contribution in [2.24, 2.45) is 5.92 Å². The van der Waals surface area contributed by atoms with E-state index in [4.69, 9.17) is 4.74 Å². The number of ether oxygens (including phenoxy) is 1. The molecule has 0 unspecified atom stereocenters. The minimum atomic E-state index is -4.54. The molecule has 0 aliphatic heterocycles. The number of benzene rings is 1. The van der Waals surface area contributed by atoms with Gasteiger partial charge in [-0.05, 0) is 18.9 Å². The predicted molar refractivity (Wildman–Crippen MR) is 75.4 cm³/mol. The van der Waals surface area contributed by atoms with E-state index in [-0.39, 0.29) is 28.8 Å². The highest BCUT2D eigenvalue weighted by atomic mass is 32.2. The standard InChI is InChI=1S/C14H18O6S/c1-20-12-8-11(15)10(7-13(12)21(17,18)19)14(16)9-5-3-2-4-6-9/h7-9,15H,2-6H2,1H3,(H,17,18,19). The van der Waals surface area contributed by atoms with E-state index in [2.05, 4.69) is 0 Å². The zero-order valence-electron chi connectivity index (χ0n) is 11.7. The summed E-state index contributed by atoms with van der Waals surface area (Å²) in [5.41, 5.74) is -0.0877. The van der Waals surface area contributed by atoms with Crippen LogP contribution in [-0.2, 0) is 10.1 Å². The molecular weight excluding hydrogens is 296 g/mol. The van der Waals surface area contributed by atoms with E-state index in [1.807, 2.05) is 0 Å². The van der Waals surface area contributed by atoms with E-state index < -0.39 is 15.0 Å². The maximum Gasteiger partial charge on any atom is 0.298 e. The molecule has 0 aromatic heterocycles. The monoisotopic (exact) mass is 314 g/mol. The van der Waals surface area contributed by atoms with Crippen LogP contribution in [0.15, 0.2) is 17.0 Å².